The lowest BCUT2D eigenvalue weighted by atomic mass is 11.0. The molecule has 9 heavy (non-hydrogen) atoms. The second-order valence-electron chi connectivity index (χ2n) is 2.31. The van der Waals surface area contributed by atoms with Crippen molar-refractivity contribution < 1.29 is 13.6 Å². The third-order valence-corrected chi connectivity index (χ3v) is 4.46. The Morgan fingerprint density at radius 3 is 1.89 bits per heavy atom. The molecule has 1 saturated carbocycles. The molecule has 0 bridgehead atoms. The Kier molecular flexibility index (Phi) is 1.90. The zero-order valence-electron chi connectivity index (χ0n) is 5.76. The molecule has 0 aromatic heterocycles. The molecule has 0 radical (unpaired) electrons. The van der Waals surface area contributed by atoms with Crippen LogP contribution in [0.3, 0.4) is 0 Å². The van der Waals surface area contributed by atoms with Gasteiger partial charge < -0.3 is 13.6 Å². The summed E-state index contributed by atoms with van der Waals surface area (Å²) in [7, 11) is 0.352. The largest absolute Gasteiger partial charge is 0.500 e. The molecule has 1 rings (SSSR count). The Bertz CT molecular complexity index is 98.4. The fraction of sp³-hybridized carbons (Fsp3) is 1.00. The van der Waals surface area contributed by atoms with Gasteiger partial charge in [-0.15, -0.1) is 0 Å². The van der Waals surface area contributed by atoms with E-state index in [1.54, 1.807) is 0 Å². The van der Waals surface area contributed by atoms with E-state index in [1.165, 1.54) is 14.2 Å². The molecule has 0 aliphatic heterocycles. The Labute approximate surface area is 56.0 Å². The van der Waals surface area contributed by atoms with Crippen LogP contribution in [0.15, 0.2) is 0 Å². The van der Waals surface area contributed by atoms with Crippen LogP contribution in [0.25, 0.3) is 0 Å². The molecule has 0 aromatic rings. The molecule has 0 saturated heterocycles. The number of rotatable bonds is 3. The quantitative estimate of drug-likeness (QED) is 0.588. The topological polar surface area (TPSA) is 38.7 Å². The zero-order valence-corrected chi connectivity index (χ0v) is 6.76. The summed E-state index contributed by atoms with van der Waals surface area (Å²) in [6.45, 7) is 0. The summed E-state index contributed by atoms with van der Waals surface area (Å²) < 4.78 is 9.77. The maximum Gasteiger partial charge on any atom is 0.500 e. The van der Waals surface area contributed by atoms with Gasteiger partial charge in [-0.05, 0) is 12.8 Å². The van der Waals surface area contributed by atoms with Gasteiger partial charge in [-0.3, -0.25) is 0 Å². The first-order chi connectivity index (χ1) is 4.23. The lowest BCUT2D eigenvalue weighted by Crippen LogP contribution is -2.40. The van der Waals surface area contributed by atoms with Gasteiger partial charge in [0.25, 0.3) is 0 Å². The predicted octanol–water partition coefficient (Wildman–Crippen LogP) is 0.374. The van der Waals surface area contributed by atoms with Crippen molar-refractivity contribution in [1.82, 2.24) is 0 Å². The van der Waals surface area contributed by atoms with E-state index in [-0.39, 0.29) is 0 Å². The summed E-state index contributed by atoms with van der Waals surface area (Å²) in [6.07, 6.45) is 2.12. The first-order valence-electron chi connectivity index (χ1n) is 3.05. The van der Waals surface area contributed by atoms with Gasteiger partial charge in [0, 0.05) is 19.8 Å². The van der Waals surface area contributed by atoms with Gasteiger partial charge in [0.2, 0.25) is 0 Å². The summed E-state index contributed by atoms with van der Waals surface area (Å²) in [6, 6.07) is 0. The highest BCUT2D eigenvalue weighted by molar-refractivity contribution is 6.61. The van der Waals surface area contributed by atoms with Gasteiger partial charge in [-0.2, -0.15) is 0 Å². The Morgan fingerprint density at radius 1 is 1.33 bits per heavy atom. The molecular formula is C5H12O3Si. The fourth-order valence-corrected chi connectivity index (χ4v) is 2.59. The van der Waals surface area contributed by atoms with E-state index in [0.29, 0.717) is 5.54 Å². The SMILES string of the molecule is CO[Si](O)(OC)C1CC1. The molecule has 1 aliphatic carbocycles. The first kappa shape index (κ1) is 7.21. The van der Waals surface area contributed by atoms with Crippen LogP contribution in [0.4, 0.5) is 0 Å². The van der Waals surface area contributed by atoms with Crippen molar-refractivity contribution in [2.45, 2.75) is 18.4 Å². The fourth-order valence-electron chi connectivity index (χ4n) is 0.865. The van der Waals surface area contributed by atoms with Crippen molar-refractivity contribution in [2.24, 2.45) is 0 Å². The van der Waals surface area contributed by atoms with E-state index >= 15 is 0 Å². The molecule has 0 unspecified atom stereocenters. The molecule has 0 heterocycles. The summed E-state index contributed by atoms with van der Waals surface area (Å²) >= 11 is 0. The van der Waals surface area contributed by atoms with Gasteiger partial charge in [0.15, 0.2) is 0 Å². The summed E-state index contributed by atoms with van der Waals surface area (Å²) in [4.78, 5) is 9.46. The third kappa shape index (κ3) is 1.32. The summed E-state index contributed by atoms with van der Waals surface area (Å²) in [5, 5.41) is 0. The van der Waals surface area contributed by atoms with Crippen LogP contribution in [0, 0.1) is 0 Å². The predicted molar refractivity (Wildman–Crippen MR) is 35.0 cm³/mol. The van der Waals surface area contributed by atoms with E-state index in [1.807, 2.05) is 0 Å². The maximum absolute atomic E-state index is 9.46. The third-order valence-electron chi connectivity index (χ3n) is 1.68. The van der Waals surface area contributed by atoms with Crippen molar-refractivity contribution >= 4 is 8.80 Å². The van der Waals surface area contributed by atoms with Crippen molar-refractivity contribution in [3.63, 3.8) is 0 Å². The highest BCUT2D eigenvalue weighted by Crippen LogP contribution is 2.44. The van der Waals surface area contributed by atoms with Crippen LogP contribution in [0.5, 0.6) is 0 Å². The van der Waals surface area contributed by atoms with Crippen LogP contribution >= 0.6 is 0 Å². The molecular weight excluding hydrogens is 136 g/mol. The molecule has 0 spiro atoms. The standard InChI is InChI=1S/C5H12O3Si/c1-7-9(6,8-2)5-3-4-5/h5-6H,3-4H2,1-2H3. The van der Waals surface area contributed by atoms with E-state index < -0.39 is 8.80 Å². The minimum atomic E-state index is -2.66. The molecule has 0 aromatic carbocycles. The van der Waals surface area contributed by atoms with Crippen LogP contribution in [-0.2, 0) is 8.85 Å². The van der Waals surface area contributed by atoms with Crippen molar-refractivity contribution in [3.8, 4) is 0 Å². The van der Waals surface area contributed by atoms with Crippen molar-refractivity contribution in [3.05, 3.63) is 0 Å². The molecule has 3 nitrogen and oxygen atoms in total. The second kappa shape index (κ2) is 2.38. The number of hydrogen-bond donors (Lipinski definition) is 1. The van der Waals surface area contributed by atoms with Gasteiger partial charge >= 0.3 is 8.80 Å². The average Bonchev–Trinajstić information content (AvgIpc) is 2.68. The first-order valence-corrected chi connectivity index (χ1v) is 4.89. The molecule has 1 aliphatic rings. The van der Waals surface area contributed by atoms with Gasteiger partial charge in [-0.1, -0.05) is 0 Å². The highest BCUT2D eigenvalue weighted by Gasteiger charge is 2.51. The second-order valence-corrected chi connectivity index (χ2v) is 5.21. The molecule has 0 amide bonds. The summed E-state index contributed by atoms with van der Waals surface area (Å²) in [5.41, 5.74) is 0.326. The number of hydrogen-bond acceptors (Lipinski definition) is 3. The Morgan fingerprint density at radius 2 is 1.78 bits per heavy atom. The Hall–Kier alpha value is 0.0969. The zero-order chi connectivity index (χ0) is 6.91. The average molecular weight is 148 g/mol. The van der Waals surface area contributed by atoms with Crippen molar-refractivity contribution in [1.29, 1.82) is 0 Å². The monoisotopic (exact) mass is 148 g/mol. The van der Waals surface area contributed by atoms with E-state index in [9.17, 15) is 4.80 Å². The summed E-state index contributed by atoms with van der Waals surface area (Å²) in [5.74, 6) is 0. The molecule has 54 valence electrons. The van der Waals surface area contributed by atoms with Crippen molar-refractivity contribution in [2.75, 3.05) is 14.2 Å². The van der Waals surface area contributed by atoms with E-state index in [0.717, 1.165) is 12.8 Å². The van der Waals surface area contributed by atoms with Crippen LogP contribution in [0.2, 0.25) is 5.54 Å². The Balaban J connectivity index is 2.43. The van der Waals surface area contributed by atoms with Crippen LogP contribution in [-0.4, -0.2) is 27.8 Å². The van der Waals surface area contributed by atoms with Crippen LogP contribution < -0.4 is 0 Å². The maximum atomic E-state index is 9.46. The molecule has 4 heteroatoms. The van der Waals surface area contributed by atoms with E-state index in [2.05, 4.69) is 0 Å². The minimum absolute atomic E-state index is 0.326. The van der Waals surface area contributed by atoms with Gasteiger partial charge in [0.05, 0.1) is 0 Å². The van der Waals surface area contributed by atoms with Crippen LogP contribution in [0.1, 0.15) is 12.8 Å². The smallest absolute Gasteiger partial charge is 0.390 e. The van der Waals surface area contributed by atoms with Gasteiger partial charge in [0.1, 0.15) is 0 Å². The molecule has 1 fully saturated rings. The molecule has 0 atom stereocenters. The lowest BCUT2D eigenvalue weighted by Gasteiger charge is -2.18. The van der Waals surface area contributed by atoms with Gasteiger partial charge in [-0.25, -0.2) is 0 Å². The molecule has 1 N–H and O–H groups in total. The minimum Gasteiger partial charge on any atom is -0.390 e. The normalized spacial score (nSPS) is 20.3. The van der Waals surface area contributed by atoms with E-state index in [4.69, 9.17) is 8.85 Å². The highest BCUT2D eigenvalue weighted by atomic mass is 28.4. The lowest BCUT2D eigenvalue weighted by molar-refractivity contribution is 0.149.